The van der Waals surface area contributed by atoms with Gasteiger partial charge in [-0.25, -0.2) is 0 Å². The minimum absolute atomic E-state index is 0.0377. The molecule has 0 heterocycles. The minimum atomic E-state index is -4.21. The summed E-state index contributed by atoms with van der Waals surface area (Å²) in [6, 6.07) is 6.84. The summed E-state index contributed by atoms with van der Waals surface area (Å²) >= 11 is 0. The Kier molecular flexibility index (Phi) is 4.98. The van der Waals surface area contributed by atoms with E-state index in [0.29, 0.717) is 0 Å². The minimum Gasteiger partial charge on any atom is -0.271 e. The lowest BCUT2D eigenvalue weighted by atomic mass is 9.86. The van der Waals surface area contributed by atoms with E-state index in [9.17, 15) is 13.2 Å². The third-order valence-corrected chi connectivity index (χ3v) is 3.02. The van der Waals surface area contributed by atoms with Gasteiger partial charge < -0.3 is 0 Å². The van der Waals surface area contributed by atoms with Gasteiger partial charge >= 0.3 is 6.18 Å². The smallest absolute Gasteiger partial charge is 0.271 e. The van der Waals surface area contributed by atoms with Gasteiger partial charge in [-0.3, -0.25) is 11.3 Å². The lowest BCUT2D eigenvalue weighted by molar-refractivity contribution is -0.140. The Morgan fingerprint density at radius 2 is 1.63 bits per heavy atom. The maximum Gasteiger partial charge on any atom is 0.390 e. The molecule has 0 saturated heterocycles. The fourth-order valence-electron chi connectivity index (χ4n) is 1.89. The largest absolute Gasteiger partial charge is 0.390 e. The highest BCUT2D eigenvalue weighted by Crippen LogP contribution is 2.25. The zero-order valence-electron chi connectivity index (χ0n) is 11.5. The van der Waals surface area contributed by atoms with E-state index in [2.05, 4.69) is 26.2 Å². The molecule has 0 amide bonds. The number of hydrazine groups is 1. The van der Waals surface area contributed by atoms with Crippen LogP contribution in [0.4, 0.5) is 13.2 Å². The molecule has 1 aromatic carbocycles. The summed E-state index contributed by atoms with van der Waals surface area (Å²) in [4.78, 5) is 0. The first-order valence-corrected chi connectivity index (χ1v) is 6.24. The zero-order chi connectivity index (χ0) is 14.7. The van der Waals surface area contributed by atoms with Crippen molar-refractivity contribution >= 4 is 0 Å². The van der Waals surface area contributed by atoms with Crippen molar-refractivity contribution in [1.29, 1.82) is 0 Å². The molecule has 0 bridgehead atoms. The second-order valence-electron chi connectivity index (χ2n) is 5.83. The van der Waals surface area contributed by atoms with Gasteiger partial charge in [0.15, 0.2) is 0 Å². The molecule has 0 aliphatic carbocycles. The molecule has 0 aliphatic heterocycles. The molecule has 1 aromatic rings. The van der Waals surface area contributed by atoms with Crippen molar-refractivity contribution in [2.75, 3.05) is 0 Å². The van der Waals surface area contributed by atoms with Gasteiger partial charge in [-0.2, -0.15) is 13.2 Å². The zero-order valence-corrected chi connectivity index (χ0v) is 11.5. The Balaban J connectivity index is 2.71. The molecule has 0 saturated carbocycles. The van der Waals surface area contributed by atoms with Crippen LogP contribution in [-0.2, 0) is 11.8 Å². The lowest BCUT2D eigenvalue weighted by Crippen LogP contribution is -2.40. The molecule has 1 unspecified atom stereocenters. The van der Waals surface area contributed by atoms with Crippen LogP contribution in [-0.4, -0.2) is 12.2 Å². The monoisotopic (exact) mass is 274 g/mol. The van der Waals surface area contributed by atoms with Crippen LogP contribution in [0.25, 0.3) is 0 Å². The van der Waals surface area contributed by atoms with Gasteiger partial charge in [0, 0.05) is 6.04 Å². The average molecular weight is 274 g/mol. The van der Waals surface area contributed by atoms with Crippen LogP contribution in [0.1, 0.15) is 38.3 Å². The summed E-state index contributed by atoms with van der Waals surface area (Å²) in [7, 11) is 0. The molecule has 108 valence electrons. The van der Waals surface area contributed by atoms with Gasteiger partial charge in [-0.15, -0.1) is 0 Å². The van der Waals surface area contributed by atoms with Crippen molar-refractivity contribution < 1.29 is 13.2 Å². The van der Waals surface area contributed by atoms with Crippen LogP contribution in [0.2, 0.25) is 0 Å². The van der Waals surface area contributed by atoms with Crippen LogP contribution in [0.5, 0.6) is 0 Å². The number of hydrogen-bond acceptors (Lipinski definition) is 2. The van der Waals surface area contributed by atoms with Crippen LogP contribution < -0.4 is 11.3 Å². The van der Waals surface area contributed by atoms with Gasteiger partial charge in [0.2, 0.25) is 0 Å². The summed E-state index contributed by atoms with van der Waals surface area (Å²) in [6.45, 7) is 6.28. The van der Waals surface area contributed by atoms with E-state index in [1.165, 1.54) is 0 Å². The average Bonchev–Trinajstić information content (AvgIpc) is 2.26. The fourth-order valence-corrected chi connectivity index (χ4v) is 1.89. The lowest BCUT2D eigenvalue weighted by Gasteiger charge is -2.21. The molecule has 5 heteroatoms. The van der Waals surface area contributed by atoms with Gasteiger partial charge in [-0.05, 0) is 23.0 Å². The third kappa shape index (κ3) is 5.61. The van der Waals surface area contributed by atoms with E-state index >= 15 is 0 Å². The van der Waals surface area contributed by atoms with E-state index < -0.39 is 18.6 Å². The van der Waals surface area contributed by atoms with Crippen molar-refractivity contribution in [2.45, 2.75) is 51.2 Å². The highest BCUT2D eigenvalue weighted by molar-refractivity contribution is 5.28. The predicted molar refractivity (Wildman–Crippen MR) is 70.6 cm³/mol. The van der Waals surface area contributed by atoms with Gasteiger partial charge in [-0.1, -0.05) is 45.0 Å². The van der Waals surface area contributed by atoms with Gasteiger partial charge in [0.1, 0.15) is 0 Å². The van der Waals surface area contributed by atoms with Crippen LogP contribution in [0.3, 0.4) is 0 Å². The topological polar surface area (TPSA) is 38.0 Å². The van der Waals surface area contributed by atoms with Crippen LogP contribution in [0.15, 0.2) is 24.3 Å². The maximum absolute atomic E-state index is 12.3. The van der Waals surface area contributed by atoms with Crippen molar-refractivity contribution in [1.82, 2.24) is 5.43 Å². The molecule has 19 heavy (non-hydrogen) atoms. The van der Waals surface area contributed by atoms with Crippen molar-refractivity contribution in [3.63, 3.8) is 0 Å². The first-order valence-electron chi connectivity index (χ1n) is 6.24. The molecule has 0 radical (unpaired) electrons. The van der Waals surface area contributed by atoms with Crippen molar-refractivity contribution in [3.05, 3.63) is 35.4 Å². The number of alkyl halides is 3. The standard InChI is InChI=1S/C14H21F3N2/c1-13(2,3)11-6-4-10(5-7-11)8-12(19-18)9-14(15,16)17/h4-7,12,19H,8-9,18H2,1-3H3. The van der Waals surface area contributed by atoms with E-state index in [-0.39, 0.29) is 11.8 Å². The van der Waals surface area contributed by atoms with Gasteiger partial charge in [0.05, 0.1) is 6.42 Å². The molecular weight excluding hydrogens is 253 g/mol. The SMILES string of the molecule is CC(C)(C)c1ccc(CC(CC(F)(F)F)NN)cc1. The van der Waals surface area contributed by atoms with Crippen LogP contribution >= 0.6 is 0 Å². The van der Waals surface area contributed by atoms with E-state index in [4.69, 9.17) is 5.84 Å². The molecule has 0 spiro atoms. The highest BCUT2D eigenvalue weighted by atomic mass is 19.4. The quantitative estimate of drug-likeness (QED) is 0.653. The molecular formula is C14H21F3N2. The summed E-state index contributed by atoms with van der Waals surface area (Å²) in [5.41, 5.74) is 4.27. The van der Waals surface area contributed by atoms with E-state index in [0.717, 1.165) is 11.1 Å². The Labute approximate surface area is 112 Å². The summed E-state index contributed by atoms with van der Waals surface area (Å²) in [5.74, 6) is 5.18. The molecule has 1 atom stereocenters. The number of nitrogens with two attached hydrogens (primary N) is 1. The molecule has 0 fully saturated rings. The van der Waals surface area contributed by atoms with Gasteiger partial charge in [0.25, 0.3) is 0 Å². The number of benzene rings is 1. The number of rotatable bonds is 4. The predicted octanol–water partition coefficient (Wildman–Crippen LogP) is 3.31. The number of hydrogen-bond donors (Lipinski definition) is 2. The fraction of sp³-hybridized carbons (Fsp3) is 0.571. The first-order chi connectivity index (χ1) is 8.62. The molecule has 2 nitrogen and oxygen atoms in total. The summed E-state index contributed by atoms with van der Waals surface area (Å²) in [5, 5.41) is 0. The summed E-state index contributed by atoms with van der Waals surface area (Å²) < 4.78 is 37.0. The second-order valence-corrected chi connectivity index (χ2v) is 5.83. The first kappa shape index (κ1) is 16.0. The second kappa shape index (κ2) is 5.92. The normalized spacial score (nSPS) is 14.5. The van der Waals surface area contributed by atoms with E-state index in [1.54, 1.807) is 0 Å². The Bertz CT molecular complexity index is 391. The Morgan fingerprint density at radius 1 is 1.11 bits per heavy atom. The molecule has 0 aliphatic rings. The van der Waals surface area contributed by atoms with Crippen molar-refractivity contribution in [3.8, 4) is 0 Å². The maximum atomic E-state index is 12.3. The highest BCUT2D eigenvalue weighted by Gasteiger charge is 2.31. The molecule has 3 N–H and O–H groups in total. The third-order valence-electron chi connectivity index (χ3n) is 3.02. The molecule has 0 aromatic heterocycles. The Hall–Kier alpha value is -1.07. The number of halogens is 3. The van der Waals surface area contributed by atoms with E-state index in [1.807, 2.05) is 24.3 Å². The van der Waals surface area contributed by atoms with Crippen molar-refractivity contribution in [2.24, 2.45) is 5.84 Å². The Morgan fingerprint density at radius 3 is 2.00 bits per heavy atom. The summed E-state index contributed by atoms with van der Waals surface area (Å²) in [6.07, 6.45) is -4.87. The molecule has 1 rings (SSSR count). The number of nitrogens with one attached hydrogen (secondary N) is 1. The van der Waals surface area contributed by atoms with Crippen LogP contribution in [0, 0.1) is 0 Å².